The van der Waals surface area contributed by atoms with E-state index in [0.29, 0.717) is 12.1 Å². The van der Waals surface area contributed by atoms with Crippen molar-refractivity contribution < 1.29 is 5.21 Å². The van der Waals surface area contributed by atoms with Crippen molar-refractivity contribution in [3.05, 3.63) is 35.4 Å². The third-order valence-corrected chi connectivity index (χ3v) is 5.16. The van der Waals surface area contributed by atoms with E-state index in [0.717, 1.165) is 12.8 Å². The zero-order chi connectivity index (χ0) is 15.3. The molecule has 1 unspecified atom stereocenters. The van der Waals surface area contributed by atoms with E-state index in [1.165, 1.54) is 29.0 Å². The van der Waals surface area contributed by atoms with Crippen molar-refractivity contribution in [1.82, 2.24) is 10.4 Å². The number of nitrogens with one attached hydrogen (secondary N) is 1. The number of nitrogens with zero attached hydrogens (tertiary/aromatic N) is 1. The standard InChI is InChI=1S/C18H27N2O/c1-17(2)11-14(12-18(3,4)20(17)21)19-16-10-9-13-7-5-6-8-15(13)16/h5-8,14,16,19H,9-12H2,1-4H3. The fourth-order valence-electron chi connectivity index (χ4n) is 4.40. The first-order valence-corrected chi connectivity index (χ1v) is 8.11. The molecule has 0 bridgehead atoms. The Morgan fingerprint density at radius 2 is 1.71 bits per heavy atom. The minimum absolute atomic E-state index is 0.294. The summed E-state index contributed by atoms with van der Waals surface area (Å²) >= 11 is 0. The number of hydrogen-bond donors (Lipinski definition) is 1. The molecular weight excluding hydrogens is 260 g/mol. The van der Waals surface area contributed by atoms with Crippen LogP contribution in [0, 0.1) is 0 Å². The maximum absolute atomic E-state index is 12.4. The molecule has 0 aromatic heterocycles. The molecule has 3 heteroatoms. The van der Waals surface area contributed by atoms with Crippen molar-refractivity contribution in [2.75, 3.05) is 0 Å². The van der Waals surface area contributed by atoms with Crippen LogP contribution in [-0.2, 0) is 11.6 Å². The highest BCUT2D eigenvalue weighted by Crippen LogP contribution is 2.39. The lowest BCUT2D eigenvalue weighted by Gasteiger charge is -2.50. The average molecular weight is 287 g/mol. The molecule has 21 heavy (non-hydrogen) atoms. The van der Waals surface area contributed by atoms with Crippen LogP contribution in [0.1, 0.15) is 64.1 Å². The van der Waals surface area contributed by atoms with Crippen molar-refractivity contribution >= 4 is 0 Å². The van der Waals surface area contributed by atoms with Gasteiger partial charge in [0.1, 0.15) is 0 Å². The van der Waals surface area contributed by atoms with E-state index in [9.17, 15) is 5.21 Å². The Kier molecular flexibility index (Phi) is 3.63. The Hall–Kier alpha value is -0.900. The van der Waals surface area contributed by atoms with E-state index in [1.807, 2.05) is 0 Å². The van der Waals surface area contributed by atoms with Gasteiger partial charge in [-0.2, -0.15) is 0 Å². The number of hydrogen-bond acceptors (Lipinski definition) is 2. The molecule has 1 aromatic carbocycles. The van der Waals surface area contributed by atoms with Gasteiger partial charge in [-0.15, -0.1) is 10.3 Å². The summed E-state index contributed by atoms with van der Waals surface area (Å²) in [6.07, 6.45) is 4.18. The van der Waals surface area contributed by atoms with Crippen molar-refractivity contribution in [2.45, 2.75) is 76.5 Å². The van der Waals surface area contributed by atoms with Gasteiger partial charge in [0.15, 0.2) is 0 Å². The molecular formula is C18H27N2O. The van der Waals surface area contributed by atoms with Gasteiger partial charge < -0.3 is 5.32 Å². The van der Waals surface area contributed by atoms with Gasteiger partial charge in [0, 0.05) is 23.2 Å². The van der Waals surface area contributed by atoms with E-state index >= 15 is 0 Å². The predicted octanol–water partition coefficient (Wildman–Crippen LogP) is 3.63. The SMILES string of the molecule is CC1(C)CC(NC2CCc3ccccc32)CC(C)(C)N1[O]. The molecule has 0 amide bonds. The number of aryl methyl sites for hydroxylation is 1. The van der Waals surface area contributed by atoms with Crippen LogP contribution in [0.25, 0.3) is 0 Å². The van der Waals surface area contributed by atoms with E-state index in [-0.39, 0.29) is 11.1 Å². The smallest absolute Gasteiger partial charge is 0.0458 e. The second-order valence-electron chi connectivity index (χ2n) is 7.98. The van der Waals surface area contributed by atoms with Crippen LogP contribution in [0.4, 0.5) is 0 Å². The lowest BCUT2D eigenvalue weighted by Crippen LogP contribution is -2.62. The molecule has 1 aliphatic heterocycles. The lowest BCUT2D eigenvalue weighted by atomic mass is 9.78. The maximum atomic E-state index is 12.4. The summed E-state index contributed by atoms with van der Waals surface area (Å²) in [5.74, 6) is 0. The van der Waals surface area contributed by atoms with Gasteiger partial charge in [-0.25, -0.2) is 0 Å². The molecule has 1 fully saturated rings. The van der Waals surface area contributed by atoms with Crippen molar-refractivity contribution in [1.29, 1.82) is 0 Å². The summed E-state index contributed by atoms with van der Waals surface area (Å²) in [4.78, 5) is 0. The van der Waals surface area contributed by atoms with Crippen LogP contribution in [0.2, 0.25) is 0 Å². The molecule has 1 atom stereocenters. The summed E-state index contributed by atoms with van der Waals surface area (Å²) in [7, 11) is 0. The van der Waals surface area contributed by atoms with Crippen molar-refractivity contribution in [3.8, 4) is 0 Å². The highest BCUT2D eigenvalue weighted by atomic mass is 16.5. The van der Waals surface area contributed by atoms with E-state index in [4.69, 9.17) is 0 Å². The van der Waals surface area contributed by atoms with Gasteiger partial charge in [-0.1, -0.05) is 24.3 Å². The van der Waals surface area contributed by atoms with E-state index in [2.05, 4.69) is 57.3 Å². The normalized spacial score (nSPS) is 28.5. The van der Waals surface area contributed by atoms with Gasteiger partial charge in [0.2, 0.25) is 0 Å². The quantitative estimate of drug-likeness (QED) is 0.901. The molecule has 3 nitrogen and oxygen atoms in total. The van der Waals surface area contributed by atoms with E-state index in [1.54, 1.807) is 0 Å². The van der Waals surface area contributed by atoms with E-state index < -0.39 is 0 Å². The number of benzene rings is 1. The molecule has 1 aliphatic carbocycles. The first-order valence-electron chi connectivity index (χ1n) is 8.11. The largest absolute Gasteiger partial charge is 0.307 e. The fraction of sp³-hybridized carbons (Fsp3) is 0.667. The molecule has 2 aliphatic rings. The zero-order valence-corrected chi connectivity index (χ0v) is 13.6. The molecule has 0 spiro atoms. The number of fused-ring (bicyclic) bond motifs is 1. The Morgan fingerprint density at radius 1 is 1.10 bits per heavy atom. The summed E-state index contributed by atoms with van der Waals surface area (Å²) in [5.41, 5.74) is 2.35. The Morgan fingerprint density at radius 3 is 2.38 bits per heavy atom. The Balaban J connectivity index is 1.75. The second-order valence-corrected chi connectivity index (χ2v) is 7.98. The van der Waals surface area contributed by atoms with Crippen LogP contribution in [0.5, 0.6) is 0 Å². The van der Waals surface area contributed by atoms with Crippen molar-refractivity contribution in [2.24, 2.45) is 0 Å². The molecule has 0 saturated carbocycles. The molecule has 1 saturated heterocycles. The first kappa shape index (κ1) is 15.0. The average Bonchev–Trinajstić information content (AvgIpc) is 2.79. The monoisotopic (exact) mass is 287 g/mol. The molecule has 1 radical (unpaired) electrons. The Bertz CT molecular complexity index is 506. The number of rotatable bonds is 2. The summed E-state index contributed by atoms with van der Waals surface area (Å²) in [6.45, 7) is 8.27. The highest BCUT2D eigenvalue weighted by Gasteiger charge is 2.46. The van der Waals surface area contributed by atoms with Crippen molar-refractivity contribution in [3.63, 3.8) is 0 Å². The summed E-state index contributed by atoms with van der Waals surface area (Å²) < 4.78 is 0. The van der Waals surface area contributed by atoms with Crippen LogP contribution in [0.15, 0.2) is 24.3 Å². The molecule has 1 aromatic rings. The van der Waals surface area contributed by atoms with Gasteiger partial charge >= 0.3 is 0 Å². The van der Waals surface area contributed by atoms with Gasteiger partial charge in [0.05, 0.1) is 0 Å². The number of piperidine rings is 1. The minimum atomic E-state index is -0.294. The summed E-state index contributed by atoms with van der Waals surface area (Å²) in [5, 5.41) is 17.6. The van der Waals surface area contributed by atoms with Gasteiger partial charge in [-0.3, -0.25) is 0 Å². The Labute approximate surface area is 128 Å². The fourth-order valence-corrected chi connectivity index (χ4v) is 4.40. The molecule has 1 N–H and O–H groups in total. The predicted molar refractivity (Wildman–Crippen MR) is 84.3 cm³/mol. The van der Waals surface area contributed by atoms with Gasteiger partial charge in [-0.05, 0) is 64.5 Å². The van der Waals surface area contributed by atoms with Gasteiger partial charge in [0.25, 0.3) is 0 Å². The minimum Gasteiger partial charge on any atom is -0.307 e. The van der Waals surface area contributed by atoms with Crippen LogP contribution in [-0.4, -0.2) is 22.2 Å². The van der Waals surface area contributed by atoms with Crippen LogP contribution in [0.3, 0.4) is 0 Å². The second kappa shape index (κ2) is 5.08. The third kappa shape index (κ3) is 2.75. The highest BCUT2D eigenvalue weighted by molar-refractivity contribution is 5.34. The lowest BCUT2D eigenvalue weighted by molar-refractivity contribution is -0.290. The topological polar surface area (TPSA) is 35.2 Å². The van der Waals surface area contributed by atoms with Crippen LogP contribution >= 0.6 is 0 Å². The zero-order valence-electron chi connectivity index (χ0n) is 13.6. The first-order chi connectivity index (χ1) is 9.79. The third-order valence-electron chi connectivity index (χ3n) is 5.16. The number of hydroxylamine groups is 2. The molecule has 115 valence electrons. The molecule has 3 rings (SSSR count). The summed E-state index contributed by atoms with van der Waals surface area (Å²) in [6, 6.07) is 9.62. The maximum Gasteiger partial charge on any atom is 0.0458 e. The molecule has 1 heterocycles. The van der Waals surface area contributed by atoms with Crippen LogP contribution < -0.4 is 5.32 Å².